The summed E-state index contributed by atoms with van der Waals surface area (Å²) in [5, 5.41) is 5.45. The first-order valence-electron chi connectivity index (χ1n) is 9.26. The highest BCUT2D eigenvalue weighted by Gasteiger charge is 2.23. The van der Waals surface area contributed by atoms with Crippen molar-refractivity contribution < 1.29 is 17.6 Å². The van der Waals surface area contributed by atoms with Crippen molar-refractivity contribution in [1.29, 1.82) is 0 Å². The van der Waals surface area contributed by atoms with Crippen LogP contribution in [0.2, 0.25) is 0 Å². The molecule has 0 aliphatic rings. The van der Waals surface area contributed by atoms with Gasteiger partial charge in [0.2, 0.25) is 10.0 Å². The van der Waals surface area contributed by atoms with E-state index in [2.05, 4.69) is 4.98 Å². The third kappa shape index (κ3) is 4.12. The van der Waals surface area contributed by atoms with Gasteiger partial charge in [0.15, 0.2) is 11.7 Å². The third-order valence-electron chi connectivity index (χ3n) is 4.67. The molecule has 30 heavy (non-hydrogen) atoms. The molecular weight excluding hydrogens is 400 g/mol. The zero-order valence-electron chi connectivity index (χ0n) is 16.3. The summed E-state index contributed by atoms with van der Waals surface area (Å²) in [4.78, 5) is 4.65. The summed E-state index contributed by atoms with van der Waals surface area (Å²) in [5.74, 6) is 1.65. The van der Waals surface area contributed by atoms with E-state index >= 15 is 0 Å². The highest BCUT2D eigenvalue weighted by molar-refractivity contribution is 7.89. The van der Waals surface area contributed by atoms with Crippen molar-refractivity contribution in [3.63, 3.8) is 0 Å². The number of nitrogens with two attached hydrogens (primary N) is 1. The van der Waals surface area contributed by atoms with E-state index in [-0.39, 0.29) is 4.90 Å². The molecule has 0 aliphatic carbocycles. The first-order valence-corrected chi connectivity index (χ1v) is 10.8. The molecule has 0 radical (unpaired) electrons. The van der Waals surface area contributed by atoms with Crippen LogP contribution in [0.4, 0.5) is 0 Å². The average Bonchev–Trinajstić information content (AvgIpc) is 3.17. The molecule has 0 aliphatic heterocycles. The lowest BCUT2D eigenvalue weighted by Crippen LogP contribution is -2.13. The number of benzene rings is 3. The van der Waals surface area contributed by atoms with Crippen molar-refractivity contribution in [3.8, 4) is 28.3 Å². The molecule has 1 aromatic heterocycles. The number of hydrogen-bond donors (Lipinski definition) is 1. The third-order valence-corrected chi connectivity index (χ3v) is 5.64. The van der Waals surface area contributed by atoms with Crippen molar-refractivity contribution in [2.24, 2.45) is 5.14 Å². The van der Waals surface area contributed by atoms with E-state index in [0.717, 1.165) is 11.1 Å². The van der Waals surface area contributed by atoms with E-state index in [4.69, 9.17) is 14.3 Å². The van der Waals surface area contributed by atoms with Crippen molar-refractivity contribution in [3.05, 3.63) is 90.3 Å². The molecule has 0 saturated carbocycles. The number of oxazole rings is 1. The summed E-state index contributed by atoms with van der Waals surface area (Å²) in [6.07, 6.45) is 0.474. The molecule has 2 N–H and O–H groups in total. The lowest BCUT2D eigenvalue weighted by molar-refractivity contribution is 0.415. The second-order valence-corrected chi connectivity index (χ2v) is 8.25. The van der Waals surface area contributed by atoms with Crippen molar-refractivity contribution >= 4 is 10.0 Å². The van der Waals surface area contributed by atoms with Gasteiger partial charge in [0.25, 0.3) is 0 Å². The lowest BCUT2D eigenvalue weighted by Gasteiger charge is -2.07. The quantitative estimate of drug-likeness (QED) is 0.503. The predicted octanol–water partition coefficient (Wildman–Crippen LogP) is 4.26. The molecule has 0 bridgehead atoms. The summed E-state index contributed by atoms with van der Waals surface area (Å²) in [6.45, 7) is 0. The molecule has 0 spiro atoms. The van der Waals surface area contributed by atoms with Gasteiger partial charge in [0, 0.05) is 17.5 Å². The first-order chi connectivity index (χ1) is 14.5. The minimum Gasteiger partial charge on any atom is -0.497 e. The van der Waals surface area contributed by atoms with Gasteiger partial charge >= 0.3 is 0 Å². The number of nitrogens with zero attached hydrogens (tertiary/aromatic N) is 1. The van der Waals surface area contributed by atoms with E-state index in [1.807, 2.05) is 54.6 Å². The standard InChI is InChI=1S/C23H20N2O4S/c1-28-18-13-11-17(12-14-18)23-22(19-9-5-6-10-20(19)30(24,26)27)25-21(29-23)15-16-7-3-2-4-8-16/h2-14H,15H2,1H3,(H2,24,26,27). The van der Waals surface area contributed by atoms with E-state index in [1.165, 1.54) is 6.07 Å². The number of aromatic nitrogens is 1. The fraction of sp³-hybridized carbons (Fsp3) is 0.0870. The van der Waals surface area contributed by atoms with Crippen LogP contribution in [0.15, 0.2) is 88.2 Å². The normalized spacial score (nSPS) is 11.4. The van der Waals surface area contributed by atoms with Crippen LogP contribution in [0.1, 0.15) is 11.5 Å². The molecule has 0 amide bonds. The van der Waals surface area contributed by atoms with Crippen LogP contribution in [-0.4, -0.2) is 20.5 Å². The number of hydrogen-bond acceptors (Lipinski definition) is 5. The molecule has 6 nitrogen and oxygen atoms in total. The minimum atomic E-state index is -3.94. The Morgan fingerprint density at radius 2 is 1.60 bits per heavy atom. The Morgan fingerprint density at radius 1 is 0.933 bits per heavy atom. The Bertz CT molecular complexity index is 1260. The van der Waals surface area contributed by atoms with E-state index in [1.54, 1.807) is 25.3 Å². The molecule has 3 aromatic carbocycles. The number of ether oxygens (including phenoxy) is 1. The summed E-state index contributed by atoms with van der Waals surface area (Å²) in [5.41, 5.74) is 2.61. The zero-order chi connectivity index (χ0) is 21.1. The van der Waals surface area contributed by atoms with Gasteiger partial charge in [-0.25, -0.2) is 18.5 Å². The lowest BCUT2D eigenvalue weighted by atomic mass is 10.1. The zero-order valence-corrected chi connectivity index (χ0v) is 17.1. The maximum absolute atomic E-state index is 12.2. The summed E-state index contributed by atoms with van der Waals surface area (Å²) < 4.78 is 35.7. The maximum atomic E-state index is 12.2. The van der Waals surface area contributed by atoms with Crippen molar-refractivity contribution in [2.45, 2.75) is 11.3 Å². The van der Waals surface area contributed by atoms with Gasteiger partial charge in [-0.1, -0.05) is 48.5 Å². The van der Waals surface area contributed by atoms with E-state index < -0.39 is 10.0 Å². The van der Waals surface area contributed by atoms with Gasteiger partial charge in [0.05, 0.1) is 12.0 Å². The molecular formula is C23H20N2O4S. The van der Waals surface area contributed by atoms with Crippen molar-refractivity contribution in [2.75, 3.05) is 7.11 Å². The molecule has 1 heterocycles. The summed E-state index contributed by atoms with van der Waals surface area (Å²) in [6, 6.07) is 23.6. The Balaban J connectivity index is 1.88. The largest absolute Gasteiger partial charge is 0.497 e. The molecule has 0 saturated heterocycles. The Hall–Kier alpha value is -3.42. The molecule has 4 rings (SSSR count). The van der Waals surface area contributed by atoms with Gasteiger partial charge in [-0.2, -0.15) is 0 Å². The summed E-state index contributed by atoms with van der Waals surface area (Å²) in [7, 11) is -2.35. The number of primary sulfonamides is 1. The monoisotopic (exact) mass is 420 g/mol. The van der Waals surface area contributed by atoms with Gasteiger partial charge in [0.1, 0.15) is 11.4 Å². The molecule has 0 unspecified atom stereocenters. The smallest absolute Gasteiger partial charge is 0.238 e. The van der Waals surface area contributed by atoms with Crippen molar-refractivity contribution in [1.82, 2.24) is 4.98 Å². The second kappa shape index (κ2) is 8.14. The minimum absolute atomic E-state index is 0.000627. The number of sulfonamides is 1. The van der Waals surface area contributed by atoms with Crippen LogP contribution in [0.5, 0.6) is 5.75 Å². The number of methoxy groups -OCH3 is 1. The van der Waals surface area contributed by atoms with Crippen LogP contribution >= 0.6 is 0 Å². The van der Waals surface area contributed by atoms with Crippen LogP contribution in [0.3, 0.4) is 0 Å². The summed E-state index contributed by atoms with van der Waals surface area (Å²) >= 11 is 0. The maximum Gasteiger partial charge on any atom is 0.238 e. The first kappa shape index (κ1) is 19.9. The van der Waals surface area contributed by atoms with Gasteiger partial charge in [-0.15, -0.1) is 0 Å². The molecule has 152 valence electrons. The van der Waals surface area contributed by atoms with Gasteiger partial charge in [-0.3, -0.25) is 0 Å². The van der Waals surface area contributed by atoms with Crippen LogP contribution in [-0.2, 0) is 16.4 Å². The average molecular weight is 420 g/mol. The molecule has 0 atom stereocenters. The van der Waals surface area contributed by atoms with Gasteiger partial charge in [-0.05, 0) is 35.9 Å². The molecule has 7 heteroatoms. The highest BCUT2D eigenvalue weighted by atomic mass is 32.2. The number of rotatable bonds is 6. The Morgan fingerprint density at radius 3 is 2.27 bits per heavy atom. The topological polar surface area (TPSA) is 95.4 Å². The fourth-order valence-corrected chi connectivity index (χ4v) is 3.98. The molecule has 0 fully saturated rings. The van der Waals surface area contributed by atoms with E-state index in [0.29, 0.717) is 35.1 Å². The fourth-order valence-electron chi connectivity index (χ4n) is 3.24. The van der Waals surface area contributed by atoms with Crippen LogP contribution < -0.4 is 9.88 Å². The van der Waals surface area contributed by atoms with Crippen LogP contribution in [0, 0.1) is 0 Å². The second-order valence-electron chi connectivity index (χ2n) is 6.72. The molecule has 4 aromatic rings. The van der Waals surface area contributed by atoms with Crippen LogP contribution in [0.25, 0.3) is 22.6 Å². The Kier molecular flexibility index (Phi) is 5.39. The van der Waals surface area contributed by atoms with E-state index in [9.17, 15) is 8.42 Å². The highest BCUT2D eigenvalue weighted by Crippen LogP contribution is 2.36. The predicted molar refractivity (Wildman–Crippen MR) is 115 cm³/mol. The van der Waals surface area contributed by atoms with Gasteiger partial charge < -0.3 is 9.15 Å². The SMILES string of the molecule is COc1ccc(-c2oc(Cc3ccccc3)nc2-c2ccccc2S(N)(=O)=O)cc1. The Labute approximate surface area is 175 Å².